The van der Waals surface area contributed by atoms with E-state index in [9.17, 15) is 4.79 Å². The van der Waals surface area contributed by atoms with Crippen LogP contribution in [0, 0.1) is 5.92 Å². The van der Waals surface area contributed by atoms with Crippen LogP contribution in [0.15, 0.2) is 30.3 Å². The monoisotopic (exact) mass is 289 g/mol. The van der Waals surface area contributed by atoms with E-state index in [1.165, 1.54) is 5.56 Å². The lowest BCUT2D eigenvalue weighted by Gasteiger charge is -2.34. The summed E-state index contributed by atoms with van der Waals surface area (Å²) in [5, 5.41) is 3.04. The van der Waals surface area contributed by atoms with Gasteiger partial charge in [-0.15, -0.1) is 0 Å². The second-order valence-electron chi connectivity index (χ2n) is 6.28. The fourth-order valence-corrected chi connectivity index (χ4v) is 2.82. The van der Waals surface area contributed by atoms with Crippen LogP contribution in [0.1, 0.15) is 31.7 Å². The maximum absolute atomic E-state index is 12.1. The zero-order valence-electron chi connectivity index (χ0n) is 13.1. The van der Waals surface area contributed by atoms with Gasteiger partial charge in [-0.25, -0.2) is 0 Å². The van der Waals surface area contributed by atoms with Crippen molar-refractivity contribution >= 4 is 5.91 Å². The molecule has 0 saturated carbocycles. The molecule has 0 spiro atoms. The van der Waals surface area contributed by atoms with E-state index in [1.54, 1.807) is 0 Å². The Morgan fingerprint density at radius 2 is 2.14 bits per heavy atom. The molecule has 1 aliphatic rings. The molecule has 1 fully saturated rings. The third kappa shape index (κ3) is 4.83. The molecule has 0 aliphatic carbocycles. The largest absolute Gasteiger partial charge is 0.354 e. The van der Waals surface area contributed by atoms with Gasteiger partial charge in [-0.2, -0.15) is 0 Å². The first-order valence-electron chi connectivity index (χ1n) is 7.86. The first kappa shape index (κ1) is 16.0. The van der Waals surface area contributed by atoms with E-state index < -0.39 is 0 Å². The average Bonchev–Trinajstić information content (AvgIpc) is 2.49. The highest BCUT2D eigenvalue weighted by atomic mass is 16.2. The van der Waals surface area contributed by atoms with Gasteiger partial charge in [0.2, 0.25) is 5.91 Å². The van der Waals surface area contributed by atoms with Crippen LogP contribution in [0.25, 0.3) is 0 Å². The molecule has 21 heavy (non-hydrogen) atoms. The number of carbonyl (C=O) groups excluding carboxylic acids is 1. The second-order valence-corrected chi connectivity index (χ2v) is 6.28. The van der Waals surface area contributed by atoms with E-state index in [0.717, 1.165) is 19.5 Å². The summed E-state index contributed by atoms with van der Waals surface area (Å²) in [6, 6.07) is 10.6. The summed E-state index contributed by atoms with van der Waals surface area (Å²) in [7, 11) is 0. The van der Waals surface area contributed by atoms with Crippen molar-refractivity contribution in [2.45, 2.75) is 32.2 Å². The van der Waals surface area contributed by atoms with Gasteiger partial charge in [0.15, 0.2) is 0 Å². The van der Waals surface area contributed by atoms with Gasteiger partial charge < -0.3 is 11.1 Å². The molecule has 1 heterocycles. The lowest BCUT2D eigenvalue weighted by atomic mass is 9.95. The van der Waals surface area contributed by atoms with Crippen LogP contribution in [-0.2, 0) is 4.79 Å². The lowest BCUT2D eigenvalue weighted by Crippen LogP contribution is -2.49. The predicted molar refractivity (Wildman–Crippen MR) is 86.1 cm³/mol. The van der Waals surface area contributed by atoms with Crippen molar-refractivity contribution in [2.75, 3.05) is 26.2 Å². The van der Waals surface area contributed by atoms with Crippen molar-refractivity contribution in [1.29, 1.82) is 0 Å². The summed E-state index contributed by atoms with van der Waals surface area (Å²) < 4.78 is 0. The SMILES string of the molecule is CC(CNC(=O)CN1CCC(N)C(C)C1)c1ccccc1. The van der Waals surface area contributed by atoms with Crippen LogP contribution >= 0.6 is 0 Å². The van der Waals surface area contributed by atoms with Gasteiger partial charge in [0, 0.05) is 25.7 Å². The van der Waals surface area contributed by atoms with Crippen LogP contribution < -0.4 is 11.1 Å². The van der Waals surface area contributed by atoms with E-state index in [1.807, 2.05) is 18.2 Å². The van der Waals surface area contributed by atoms with E-state index >= 15 is 0 Å². The number of likely N-dealkylation sites (tertiary alicyclic amines) is 1. The maximum Gasteiger partial charge on any atom is 0.234 e. The van der Waals surface area contributed by atoms with Gasteiger partial charge in [0.05, 0.1) is 6.54 Å². The normalized spacial score (nSPS) is 24.5. The summed E-state index contributed by atoms with van der Waals surface area (Å²) in [5.41, 5.74) is 7.27. The Labute approximate surface area is 127 Å². The standard InChI is InChI=1S/C17H27N3O/c1-13(15-6-4-3-5-7-15)10-19-17(21)12-20-9-8-16(18)14(2)11-20/h3-7,13-14,16H,8-12,18H2,1-2H3,(H,19,21). The number of nitrogens with one attached hydrogen (secondary N) is 1. The Hall–Kier alpha value is -1.39. The van der Waals surface area contributed by atoms with Crippen molar-refractivity contribution in [2.24, 2.45) is 11.7 Å². The molecular weight excluding hydrogens is 262 g/mol. The number of carbonyl (C=O) groups is 1. The number of hydrogen-bond donors (Lipinski definition) is 2. The summed E-state index contributed by atoms with van der Waals surface area (Å²) in [6.07, 6.45) is 0.981. The summed E-state index contributed by atoms with van der Waals surface area (Å²) >= 11 is 0. The molecule has 3 unspecified atom stereocenters. The van der Waals surface area contributed by atoms with E-state index in [-0.39, 0.29) is 11.9 Å². The van der Waals surface area contributed by atoms with Crippen molar-refractivity contribution < 1.29 is 4.79 Å². The molecule has 2 rings (SSSR count). The van der Waals surface area contributed by atoms with Crippen molar-refractivity contribution in [3.63, 3.8) is 0 Å². The lowest BCUT2D eigenvalue weighted by molar-refractivity contribution is -0.122. The summed E-state index contributed by atoms with van der Waals surface area (Å²) in [5.74, 6) is 0.916. The van der Waals surface area contributed by atoms with Crippen LogP contribution in [0.5, 0.6) is 0 Å². The number of amides is 1. The van der Waals surface area contributed by atoms with Crippen LogP contribution in [0.4, 0.5) is 0 Å². The molecule has 116 valence electrons. The molecule has 1 aromatic carbocycles. The van der Waals surface area contributed by atoms with E-state index in [2.05, 4.69) is 36.2 Å². The Morgan fingerprint density at radius 3 is 2.81 bits per heavy atom. The number of nitrogens with two attached hydrogens (primary N) is 1. The first-order valence-corrected chi connectivity index (χ1v) is 7.86. The molecule has 3 N–H and O–H groups in total. The smallest absolute Gasteiger partial charge is 0.234 e. The highest BCUT2D eigenvalue weighted by molar-refractivity contribution is 5.78. The number of hydrogen-bond acceptors (Lipinski definition) is 3. The van der Waals surface area contributed by atoms with Gasteiger partial charge >= 0.3 is 0 Å². The fraction of sp³-hybridized carbons (Fsp3) is 0.588. The summed E-state index contributed by atoms with van der Waals surface area (Å²) in [6.45, 7) is 7.31. The molecule has 0 radical (unpaired) electrons. The van der Waals surface area contributed by atoms with Crippen LogP contribution in [0.3, 0.4) is 0 Å². The second kappa shape index (κ2) is 7.57. The quantitative estimate of drug-likeness (QED) is 0.865. The fourth-order valence-electron chi connectivity index (χ4n) is 2.82. The third-order valence-corrected chi connectivity index (χ3v) is 4.40. The molecule has 1 aliphatic heterocycles. The Bertz CT molecular complexity index is 449. The van der Waals surface area contributed by atoms with Crippen LogP contribution in [0.2, 0.25) is 0 Å². The zero-order valence-corrected chi connectivity index (χ0v) is 13.1. The van der Waals surface area contributed by atoms with Gasteiger partial charge in [-0.1, -0.05) is 44.2 Å². The Morgan fingerprint density at radius 1 is 1.43 bits per heavy atom. The van der Waals surface area contributed by atoms with Gasteiger partial charge in [-0.05, 0) is 23.8 Å². The maximum atomic E-state index is 12.1. The molecule has 1 saturated heterocycles. The highest BCUT2D eigenvalue weighted by Crippen LogP contribution is 2.15. The molecule has 1 aromatic rings. The molecule has 4 nitrogen and oxygen atoms in total. The minimum Gasteiger partial charge on any atom is -0.354 e. The van der Waals surface area contributed by atoms with E-state index in [0.29, 0.717) is 24.9 Å². The minimum atomic E-state index is 0.112. The number of rotatable bonds is 5. The number of piperidine rings is 1. The van der Waals surface area contributed by atoms with Crippen molar-refractivity contribution in [3.05, 3.63) is 35.9 Å². The third-order valence-electron chi connectivity index (χ3n) is 4.40. The Kier molecular flexibility index (Phi) is 5.76. The molecular formula is C17H27N3O. The first-order chi connectivity index (χ1) is 10.1. The highest BCUT2D eigenvalue weighted by Gasteiger charge is 2.24. The zero-order chi connectivity index (χ0) is 15.2. The molecule has 1 amide bonds. The van der Waals surface area contributed by atoms with Crippen molar-refractivity contribution in [1.82, 2.24) is 10.2 Å². The van der Waals surface area contributed by atoms with Crippen molar-refractivity contribution in [3.8, 4) is 0 Å². The van der Waals surface area contributed by atoms with Crippen LogP contribution in [-0.4, -0.2) is 43.0 Å². The predicted octanol–water partition coefficient (Wildman–Crippen LogP) is 1.58. The number of benzene rings is 1. The number of nitrogens with zero attached hydrogens (tertiary/aromatic N) is 1. The van der Waals surface area contributed by atoms with E-state index in [4.69, 9.17) is 5.73 Å². The molecule has 0 aromatic heterocycles. The Balaban J connectivity index is 1.73. The van der Waals surface area contributed by atoms with Gasteiger partial charge in [0.1, 0.15) is 0 Å². The van der Waals surface area contributed by atoms with Gasteiger partial charge in [-0.3, -0.25) is 9.69 Å². The minimum absolute atomic E-state index is 0.112. The molecule has 3 atom stereocenters. The average molecular weight is 289 g/mol. The summed E-state index contributed by atoms with van der Waals surface area (Å²) in [4.78, 5) is 14.3. The topological polar surface area (TPSA) is 58.4 Å². The molecule has 0 bridgehead atoms. The van der Waals surface area contributed by atoms with Gasteiger partial charge in [0.25, 0.3) is 0 Å². The molecule has 4 heteroatoms.